The van der Waals surface area contributed by atoms with Gasteiger partial charge in [-0.3, -0.25) is 14.5 Å². The van der Waals surface area contributed by atoms with Gasteiger partial charge in [0.25, 0.3) is 5.91 Å². The number of anilines is 1. The van der Waals surface area contributed by atoms with Gasteiger partial charge in [-0.05, 0) is 71.7 Å². The molecule has 2 unspecified atom stereocenters. The number of benzene rings is 3. The molecular formula is C38H46N6O4S. The number of nitrogens with two attached hydrogens (primary N) is 1. The lowest BCUT2D eigenvalue weighted by atomic mass is 9.83. The molecule has 6 rings (SSSR count). The first-order chi connectivity index (χ1) is 23.5. The Morgan fingerprint density at radius 2 is 1.55 bits per heavy atom. The number of carbonyl (C=O) groups is 2. The minimum absolute atomic E-state index is 0.000470. The third kappa shape index (κ3) is 7.64. The van der Waals surface area contributed by atoms with Crippen molar-refractivity contribution in [3.63, 3.8) is 0 Å². The molecule has 0 saturated carbocycles. The lowest BCUT2D eigenvalue weighted by Crippen LogP contribution is -2.58. The Morgan fingerprint density at radius 1 is 0.939 bits per heavy atom. The van der Waals surface area contributed by atoms with Gasteiger partial charge in [0, 0.05) is 37.4 Å². The minimum Gasteiger partial charge on any atom is -0.340 e. The van der Waals surface area contributed by atoms with Gasteiger partial charge in [-0.15, -0.1) is 0 Å². The summed E-state index contributed by atoms with van der Waals surface area (Å²) < 4.78 is 23.4. The molecule has 0 aliphatic carbocycles. The zero-order valence-corrected chi connectivity index (χ0v) is 29.3. The highest BCUT2D eigenvalue weighted by Crippen LogP contribution is 2.35. The van der Waals surface area contributed by atoms with E-state index < -0.39 is 15.4 Å². The van der Waals surface area contributed by atoms with Crippen LogP contribution in [0.4, 0.5) is 5.69 Å². The zero-order valence-electron chi connectivity index (χ0n) is 28.5. The molecule has 11 heteroatoms. The van der Waals surface area contributed by atoms with Gasteiger partial charge in [0.05, 0.1) is 35.0 Å². The number of nitrogens with one attached hydrogen (secondary N) is 2. The fourth-order valence-electron chi connectivity index (χ4n) is 6.74. The molecule has 258 valence electrons. The summed E-state index contributed by atoms with van der Waals surface area (Å²) in [5.74, 6) is 1.04. The molecule has 1 aromatic heterocycles. The summed E-state index contributed by atoms with van der Waals surface area (Å²) in [6, 6.07) is 23.3. The van der Waals surface area contributed by atoms with Crippen molar-refractivity contribution in [2.45, 2.75) is 58.2 Å². The van der Waals surface area contributed by atoms with Crippen molar-refractivity contribution in [3.8, 4) is 22.4 Å². The highest BCUT2D eigenvalue weighted by molar-refractivity contribution is 7.91. The highest BCUT2D eigenvalue weighted by Gasteiger charge is 2.43. The summed E-state index contributed by atoms with van der Waals surface area (Å²) in [4.78, 5) is 38.7. The van der Waals surface area contributed by atoms with Crippen molar-refractivity contribution in [1.82, 2.24) is 19.8 Å². The third-order valence-electron chi connectivity index (χ3n) is 10.2. The van der Waals surface area contributed by atoms with Crippen LogP contribution in [0, 0.1) is 5.92 Å². The van der Waals surface area contributed by atoms with Crippen molar-refractivity contribution < 1.29 is 18.0 Å². The monoisotopic (exact) mass is 682 g/mol. The average molecular weight is 683 g/mol. The largest absolute Gasteiger partial charge is 0.340 e. The Bertz CT molecular complexity index is 1870. The number of imidazole rings is 1. The van der Waals surface area contributed by atoms with Gasteiger partial charge in [0.15, 0.2) is 9.84 Å². The Hall–Kier alpha value is -4.32. The normalized spacial score (nSPS) is 19.1. The second-order valence-corrected chi connectivity index (χ2v) is 15.9. The van der Waals surface area contributed by atoms with Crippen LogP contribution in [0.5, 0.6) is 0 Å². The summed E-state index contributed by atoms with van der Waals surface area (Å²) in [5, 5.41) is 2.96. The first-order valence-electron chi connectivity index (χ1n) is 17.1. The number of aromatic nitrogens is 2. The van der Waals surface area contributed by atoms with E-state index >= 15 is 0 Å². The van der Waals surface area contributed by atoms with Crippen molar-refractivity contribution in [2.24, 2.45) is 11.7 Å². The van der Waals surface area contributed by atoms with E-state index in [-0.39, 0.29) is 35.3 Å². The SMILES string of the molecule is CCC(N)(C(=O)N1CCCC1c1ncc(-c2ccc(-c3ccc(C(=O)Nc4ccc(CN5CCS(=O)(=O)CC5)cc4)cc3)cc2)[nH]1)C(C)C. The number of likely N-dealkylation sites (tertiary alicyclic amines) is 1. The lowest BCUT2D eigenvalue weighted by Gasteiger charge is -2.37. The predicted octanol–water partition coefficient (Wildman–Crippen LogP) is 5.65. The number of H-pyrrole nitrogens is 1. The molecule has 2 saturated heterocycles. The molecule has 0 spiro atoms. The summed E-state index contributed by atoms with van der Waals surface area (Å²) in [6.45, 7) is 8.45. The highest BCUT2D eigenvalue weighted by atomic mass is 32.2. The van der Waals surface area contributed by atoms with Gasteiger partial charge in [0.2, 0.25) is 5.91 Å². The van der Waals surface area contributed by atoms with E-state index in [9.17, 15) is 18.0 Å². The van der Waals surface area contributed by atoms with Gasteiger partial charge < -0.3 is 20.9 Å². The van der Waals surface area contributed by atoms with Crippen molar-refractivity contribution >= 4 is 27.3 Å². The van der Waals surface area contributed by atoms with E-state index in [0.29, 0.717) is 43.9 Å². The number of nitrogens with zero attached hydrogens (tertiary/aromatic N) is 3. The molecule has 3 aromatic carbocycles. The van der Waals surface area contributed by atoms with E-state index in [2.05, 4.69) is 20.2 Å². The van der Waals surface area contributed by atoms with E-state index in [1.807, 2.05) is 105 Å². The third-order valence-corrected chi connectivity index (χ3v) is 11.8. The maximum absolute atomic E-state index is 13.5. The predicted molar refractivity (Wildman–Crippen MR) is 194 cm³/mol. The van der Waals surface area contributed by atoms with Crippen LogP contribution in [0.2, 0.25) is 0 Å². The number of hydrogen-bond donors (Lipinski definition) is 3. The second-order valence-electron chi connectivity index (χ2n) is 13.6. The number of rotatable bonds is 10. The van der Waals surface area contributed by atoms with Crippen LogP contribution in [-0.4, -0.2) is 76.7 Å². The standard InChI is InChI=1S/C38H46N6O4S/c1-4-38(39,26(2)3)37(46)44-19-5-6-34(44)35-40-24-33(42-35)30-13-9-28(10-14-30)29-11-15-31(16-12-29)36(45)41-32-17-7-27(8-18-32)25-43-20-22-49(47,48)23-21-43/h7-18,24,26,34H,4-6,19-23,25,39H2,1-3H3,(H,40,42)(H,41,45). The zero-order chi connectivity index (χ0) is 34.8. The molecule has 0 bridgehead atoms. The molecule has 4 N–H and O–H groups in total. The van der Waals surface area contributed by atoms with Gasteiger partial charge in [-0.25, -0.2) is 13.4 Å². The maximum Gasteiger partial charge on any atom is 0.255 e. The fraction of sp³-hybridized carbons (Fsp3) is 0.395. The smallest absolute Gasteiger partial charge is 0.255 e. The molecule has 49 heavy (non-hydrogen) atoms. The van der Waals surface area contributed by atoms with Crippen LogP contribution in [0.1, 0.15) is 67.8 Å². The molecule has 4 aromatic rings. The summed E-state index contributed by atoms with van der Waals surface area (Å²) in [5.41, 5.74) is 12.0. The molecule has 0 radical (unpaired) electrons. The van der Waals surface area contributed by atoms with Crippen molar-refractivity contribution in [2.75, 3.05) is 36.5 Å². The molecule has 2 fully saturated rings. The van der Waals surface area contributed by atoms with Gasteiger partial charge in [0.1, 0.15) is 5.82 Å². The molecule has 2 aliphatic heterocycles. The molecule has 2 atom stereocenters. The molecule has 2 aliphatic rings. The Morgan fingerprint density at radius 3 is 2.16 bits per heavy atom. The van der Waals surface area contributed by atoms with Crippen LogP contribution in [0.15, 0.2) is 79.0 Å². The first-order valence-corrected chi connectivity index (χ1v) is 19.0. The van der Waals surface area contributed by atoms with Gasteiger partial charge in [-0.2, -0.15) is 0 Å². The van der Waals surface area contributed by atoms with Crippen LogP contribution in [-0.2, 0) is 21.2 Å². The van der Waals surface area contributed by atoms with Crippen LogP contribution in [0.3, 0.4) is 0 Å². The summed E-state index contributed by atoms with van der Waals surface area (Å²) in [6.07, 6.45) is 4.19. The van der Waals surface area contributed by atoms with Gasteiger partial charge >= 0.3 is 0 Å². The number of aromatic amines is 1. The van der Waals surface area contributed by atoms with Crippen LogP contribution in [0.25, 0.3) is 22.4 Å². The molecule has 2 amide bonds. The van der Waals surface area contributed by atoms with Crippen molar-refractivity contribution in [3.05, 3.63) is 95.9 Å². The van der Waals surface area contributed by atoms with Crippen LogP contribution >= 0.6 is 0 Å². The number of hydrogen-bond acceptors (Lipinski definition) is 7. The Labute approximate surface area is 289 Å². The van der Waals surface area contributed by atoms with E-state index in [1.54, 1.807) is 0 Å². The minimum atomic E-state index is -2.90. The number of carbonyl (C=O) groups excluding carboxylic acids is 2. The number of amides is 2. The van der Waals surface area contributed by atoms with E-state index in [0.717, 1.165) is 46.6 Å². The Balaban J connectivity index is 1.05. The number of sulfone groups is 1. The maximum atomic E-state index is 13.5. The van der Waals surface area contributed by atoms with Crippen LogP contribution < -0.4 is 11.1 Å². The second kappa shape index (κ2) is 14.3. The van der Waals surface area contributed by atoms with E-state index in [4.69, 9.17) is 5.73 Å². The summed E-state index contributed by atoms with van der Waals surface area (Å²) in [7, 11) is -2.90. The van der Waals surface area contributed by atoms with Crippen molar-refractivity contribution in [1.29, 1.82) is 0 Å². The van der Waals surface area contributed by atoms with Gasteiger partial charge in [-0.1, -0.05) is 69.3 Å². The Kier molecular flexibility index (Phi) is 10.1. The molecule has 3 heterocycles. The first kappa shape index (κ1) is 34.5. The van der Waals surface area contributed by atoms with E-state index in [1.165, 1.54) is 0 Å². The average Bonchev–Trinajstić information content (AvgIpc) is 3.80. The molecular weight excluding hydrogens is 637 g/mol. The summed E-state index contributed by atoms with van der Waals surface area (Å²) >= 11 is 0. The quantitative estimate of drug-likeness (QED) is 0.196. The fourth-order valence-corrected chi connectivity index (χ4v) is 8.02. The molecule has 10 nitrogen and oxygen atoms in total. The topological polar surface area (TPSA) is 141 Å². The lowest BCUT2D eigenvalue weighted by molar-refractivity contribution is -0.140.